The Morgan fingerprint density at radius 3 is 2.79 bits per heavy atom. The summed E-state index contributed by atoms with van der Waals surface area (Å²) in [6.45, 7) is 2.08. The highest BCUT2D eigenvalue weighted by atomic mass is 15.3. The molecule has 0 saturated heterocycles. The monoisotopic (exact) mass is 191 g/mol. The molecule has 2 saturated carbocycles. The number of fused-ring (bicyclic) bond motifs is 2. The van der Waals surface area contributed by atoms with Crippen LogP contribution in [0.3, 0.4) is 0 Å². The normalized spacial score (nSPS) is 35.4. The lowest BCUT2D eigenvalue weighted by Crippen LogP contribution is -2.18. The van der Waals surface area contributed by atoms with Crippen LogP contribution in [0.15, 0.2) is 6.20 Å². The average Bonchev–Trinajstić information content (AvgIpc) is 2.84. The molecule has 1 aromatic heterocycles. The van der Waals surface area contributed by atoms with Gasteiger partial charge in [-0.3, -0.25) is 4.68 Å². The third kappa shape index (κ3) is 1.01. The van der Waals surface area contributed by atoms with E-state index in [1.807, 2.05) is 0 Å². The minimum atomic E-state index is 0.644. The SMILES string of the molecule is Cc1c(N)cnn1C1CC2CCC1C2. The Morgan fingerprint density at radius 1 is 1.43 bits per heavy atom. The Bertz CT molecular complexity index is 355. The van der Waals surface area contributed by atoms with Crippen molar-refractivity contribution < 1.29 is 0 Å². The highest BCUT2D eigenvalue weighted by Gasteiger charge is 2.41. The van der Waals surface area contributed by atoms with Gasteiger partial charge in [-0.1, -0.05) is 6.42 Å². The van der Waals surface area contributed by atoms with Crippen molar-refractivity contribution in [3.8, 4) is 0 Å². The van der Waals surface area contributed by atoms with Gasteiger partial charge in [0.1, 0.15) is 0 Å². The Balaban J connectivity index is 1.93. The molecule has 14 heavy (non-hydrogen) atoms. The van der Waals surface area contributed by atoms with Crippen molar-refractivity contribution in [1.29, 1.82) is 0 Å². The molecule has 0 spiro atoms. The first-order valence-corrected chi connectivity index (χ1v) is 5.55. The van der Waals surface area contributed by atoms with Gasteiger partial charge in [0, 0.05) is 0 Å². The van der Waals surface area contributed by atoms with Crippen molar-refractivity contribution in [1.82, 2.24) is 9.78 Å². The minimum absolute atomic E-state index is 0.644. The molecule has 0 aliphatic heterocycles. The molecule has 2 aliphatic rings. The summed E-state index contributed by atoms with van der Waals surface area (Å²) >= 11 is 0. The van der Waals surface area contributed by atoms with Crippen molar-refractivity contribution >= 4 is 5.69 Å². The van der Waals surface area contributed by atoms with Gasteiger partial charge in [-0.15, -0.1) is 0 Å². The maximum atomic E-state index is 5.82. The highest BCUT2D eigenvalue weighted by molar-refractivity contribution is 5.40. The third-order valence-electron chi connectivity index (χ3n) is 4.10. The second-order valence-electron chi connectivity index (χ2n) is 4.87. The van der Waals surface area contributed by atoms with Crippen LogP contribution >= 0.6 is 0 Å². The van der Waals surface area contributed by atoms with E-state index in [2.05, 4.69) is 16.7 Å². The van der Waals surface area contributed by atoms with Crippen molar-refractivity contribution in [2.45, 2.75) is 38.6 Å². The lowest BCUT2D eigenvalue weighted by Gasteiger charge is -2.23. The zero-order chi connectivity index (χ0) is 9.71. The summed E-state index contributed by atoms with van der Waals surface area (Å²) < 4.78 is 2.17. The van der Waals surface area contributed by atoms with Gasteiger partial charge in [0.2, 0.25) is 0 Å². The molecule has 2 fully saturated rings. The van der Waals surface area contributed by atoms with Crippen molar-refractivity contribution in [2.24, 2.45) is 11.8 Å². The van der Waals surface area contributed by atoms with Crippen LogP contribution in [-0.4, -0.2) is 9.78 Å². The first-order valence-electron chi connectivity index (χ1n) is 5.55. The van der Waals surface area contributed by atoms with E-state index in [4.69, 9.17) is 5.73 Å². The smallest absolute Gasteiger partial charge is 0.0730 e. The van der Waals surface area contributed by atoms with Crippen LogP contribution in [-0.2, 0) is 0 Å². The van der Waals surface area contributed by atoms with Gasteiger partial charge >= 0.3 is 0 Å². The molecular weight excluding hydrogens is 174 g/mol. The summed E-state index contributed by atoms with van der Waals surface area (Å²) in [5.74, 6) is 1.84. The molecule has 1 aromatic rings. The molecular formula is C11H17N3. The molecule has 3 atom stereocenters. The maximum Gasteiger partial charge on any atom is 0.0730 e. The summed E-state index contributed by atoms with van der Waals surface area (Å²) in [6.07, 6.45) is 7.38. The Morgan fingerprint density at radius 2 is 2.29 bits per heavy atom. The summed E-state index contributed by atoms with van der Waals surface area (Å²) in [5.41, 5.74) is 7.82. The van der Waals surface area contributed by atoms with Crippen LogP contribution in [0.2, 0.25) is 0 Å². The number of hydrogen-bond donors (Lipinski definition) is 1. The zero-order valence-electron chi connectivity index (χ0n) is 8.61. The molecule has 0 aromatic carbocycles. The van der Waals surface area contributed by atoms with Crippen molar-refractivity contribution in [3.05, 3.63) is 11.9 Å². The fourth-order valence-electron chi connectivity index (χ4n) is 3.28. The highest BCUT2D eigenvalue weighted by Crippen LogP contribution is 2.50. The lowest BCUT2D eigenvalue weighted by atomic mass is 9.95. The molecule has 1 heterocycles. The predicted molar refractivity (Wildman–Crippen MR) is 55.9 cm³/mol. The van der Waals surface area contributed by atoms with Gasteiger partial charge in [0.15, 0.2) is 0 Å². The number of aromatic nitrogens is 2. The lowest BCUT2D eigenvalue weighted by molar-refractivity contribution is 0.302. The zero-order valence-corrected chi connectivity index (χ0v) is 8.61. The number of nitrogens with two attached hydrogens (primary N) is 1. The van der Waals surface area contributed by atoms with Crippen LogP contribution in [0.25, 0.3) is 0 Å². The molecule has 3 rings (SSSR count). The quantitative estimate of drug-likeness (QED) is 0.739. The van der Waals surface area contributed by atoms with E-state index in [1.54, 1.807) is 6.20 Å². The van der Waals surface area contributed by atoms with E-state index in [0.29, 0.717) is 6.04 Å². The maximum absolute atomic E-state index is 5.82. The number of nitrogens with zero attached hydrogens (tertiary/aromatic N) is 2. The third-order valence-corrected chi connectivity index (χ3v) is 4.10. The molecule has 3 heteroatoms. The van der Waals surface area contributed by atoms with E-state index in [0.717, 1.165) is 23.2 Å². The fraction of sp³-hybridized carbons (Fsp3) is 0.727. The van der Waals surface area contributed by atoms with Gasteiger partial charge in [-0.25, -0.2) is 0 Å². The van der Waals surface area contributed by atoms with Crippen molar-refractivity contribution in [3.63, 3.8) is 0 Å². The van der Waals surface area contributed by atoms with E-state index in [1.165, 1.54) is 25.7 Å². The number of rotatable bonds is 1. The minimum Gasteiger partial charge on any atom is -0.396 e. The molecule has 76 valence electrons. The molecule has 2 aliphatic carbocycles. The van der Waals surface area contributed by atoms with Crippen LogP contribution in [0.4, 0.5) is 5.69 Å². The number of nitrogen functional groups attached to an aromatic ring is 1. The van der Waals surface area contributed by atoms with E-state index < -0.39 is 0 Å². The van der Waals surface area contributed by atoms with Crippen LogP contribution in [0.5, 0.6) is 0 Å². The first-order chi connectivity index (χ1) is 6.75. The van der Waals surface area contributed by atoms with Crippen LogP contribution in [0, 0.1) is 18.8 Å². The van der Waals surface area contributed by atoms with Gasteiger partial charge in [0.05, 0.1) is 23.6 Å². The Labute approximate surface area is 84.3 Å². The van der Waals surface area contributed by atoms with E-state index in [-0.39, 0.29) is 0 Å². The summed E-state index contributed by atoms with van der Waals surface area (Å²) in [6, 6.07) is 0.644. The second-order valence-corrected chi connectivity index (χ2v) is 4.87. The molecule has 0 radical (unpaired) electrons. The largest absolute Gasteiger partial charge is 0.396 e. The van der Waals surface area contributed by atoms with Crippen molar-refractivity contribution in [2.75, 3.05) is 5.73 Å². The summed E-state index contributed by atoms with van der Waals surface area (Å²) in [7, 11) is 0. The number of hydrogen-bond acceptors (Lipinski definition) is 2. The average molecular weight is 191 g/mol. The second kappa shape index (κ2) is 2.75. The van der Waals surface area contributed by atoms with E-state index in [9.17, 15) is 0 Å². The van der Waals surface area contributed by atoms with Gasteiger partial charge in [-0.05, 0) is 38.0 Å². The standard InChI is InChI=1S/C11H17N3/c1-7-10(12)6-13-14(7)11-5-8-2-3-9(11)4-8/h6,8-9,11H,2-5,12H2,1H3. The number of anilines is 1. The van der Waals surface area contributed by atoms with Gasteiger partial charge < -0.3 is 5.73 Å². The van der Waals surface area contributed by atoms with E-state index >= 15 is 0 Å². The molecule has 2 N–H and O–H groups in total. The van der Waals surface area contributed by atoms with Crippen LogP contribution < -0.4 is 5.73 Å². The van der Waals surface area contributed by atoms with Gasteiger partial charge in [0.25, 0.3) is 0 Å². The van der Waals surface area contributed by atoms with Gasteiger partial charge in [-0.2, -0.15) is 5.10 Å². The fourth-order valence-corrected chi connectivity index (χ4v) is 3.28. The van der Waals surface area contributed by atoms with Crippen LogP contribution in [0.1, 0.15) is 37.4 Å². The molecule has 2 bridgehead atoms. The molecule has 0 amide bonds. The Kier molecular flexibility index (Phi) is 1.64. The summed E-state index contributed by atoms with van der Waals surface area (Å²) in [4.78, 5) is 0. The topological polar surface area (TPSA) is 43.8 Å². The summed E-state index contributed by atoms with van der Waals surface area (Å²) in [5, 5.41) is 4.41. The molecule has 3 unspecified atom stereocenters. The predicted octanol–water partition coefficient (Wildman–Crippen LogP) is 2.13. The first kappa shape index (κ1) is 8.33. The Hall–Kier alpha value is -0.990. The molecule has 3 nitrogen and oxygen atoms in total.